The average molecular weight is 238 g/mol. The van der Waals surface area contributed by atoms with Gasteiger partial charge in [-0.15, -0.1) is 0 Å². The maximum Gasteiger partial charge on any atom is 0.314 e. The molecule has 0 saturated heterocycles. The van der Waals surface area contributed by atoms with Crippen molar-refractivity contribution >= 4 is 12.1 Å². The fourth-order valence-electron chi connectivity index (χ4n) is 1.28. The highest BCUT2D eigenvalue weighted by molar-refractivity contribution is 5.75. The van der Waals surface area contributed by atoms with E-state index >= 15 is 0 Å². The summed E-state index contributed by atoms with van der Waals surface area (Å²) in [5.74, 6) is 0.658. The quantitative estimate of drug-likeness (QED) is 0.554. The molecule has 0 aliphatic heterocycles. The molecule has 92 valence electrons. The number of nitrogens with one attached hydrogen (secondary N) is 2. The van der Waals surface area contributed by atoms with Crippen molar-refractivity contribution in [2.24, 2.45) is 11.5 Å². The molecule has 0 aliphatic carbocycles. The van der Waals surface area contributed by atoms with Crippen molar-refractivity contribution < 1.29 is 14.3 Å². The normalized spacial score (nSPS) is 9.76. The van der Waals surface area contributed by atoms with Crippen LogP contribution in [0.5, 0.6) is 5.75 Å². The lowest BCUT2D eigenvalue weighted by Gasteiger charge is -2.18. The zero-order chi connectivity index (χ0) is 12.8. The van der Waals surface area contributed by atoms with Crippen molar-refractivity contribution in [2.45, 2.75) is 6.17 Å². The Kier molecular flexibility index (Phi) is 4.15. The first-order valence-corrected chi connectivity index (χ1v) is 4.79. The van der Waals surface area contributed by atoms with Gasteiger partial charge >= 0.3 is 12.1 Å². The molecule has 1 rings (SSSR count). The number of amides is 4. The van der Waals surface area contributed by atoms with E-state index in [4.69, 9.17) is 16.2 Å². The summed E-state index contributed by atoms with van der Waals surface area (Å²) in [5, 5.41) is 4.70. The lowest BCUT2D eigenvalue weighted by molar-refractivity contribution is 0.235. The second-order valence-corrected chi connectivity index (χ2v) is 3.22. The monoisotopic (exact) mass is 238 g/mol. The largest absolute Gasteiger partial charge is 0.497 e. The molecule has 17 heavy (non-hydrogen) atoms. The number of methoxy groups -OCH3 is 1. The molecule has 0 atom stereocenters. The zero-order valence-corrected chi connectivity index (χ0v) is 9.27. The highest BCUT2D eigenvalue weighted by Crippen LogP contribution is 2.15. The summed E-state index contributed by atoms with van der Waals surface area (Å²) in [7, 11) is 1.54. The number of nitrogens with two attached hydrogens (primary N) is 2. The molecule has 1 aromatic carbocycles. The van der Waals surface area contributed by atoms with Gasteiger partial charge in [0.1, 0.15) is 11.9 Å². The van der Waals surface area contributed by atoms with Crippen LogP contribution in [0.1, 0.15) is 11.7 Å². The van der Waals surface area contributed by atoms with Crippen LogP contribution in [0.15, 0.2) is 24.3 Å². The minimum Gasteiger partial charge on any atom is -0.497 e. The van der Waals surface area contributed by atoms with Crippen LogP contribution in [-0.2, 0) is 0 Å². The van der Waals surface area contributed by atoms with Crippen molar-refractivity contribution in [3.8, 4) is 5.75 Å². The van der Waals surface area contributed by atoms with Gasteiger partial charge in [-0.3, -0.25) is 0 Å². The average Bonchev–Trinajstić information content (AvgIpc) is 2.27. The Morgan fingerprint density at radius 1 is 1.12 bits per heavy atom. The number of carbonyl (C=O) groups excluding carboxylic acids is 2. The number of carbonyl (C=O) groups is 2. The molecule has 0 bridgehead atoms. The Labute approximate surface area is 98.1 Å². The van der Waals surface area contributed by atoms with Gasteiger partial charge in [0, 0.05) is 0 Å². The lowest BCUT2D eigenvalue weighted by Crippen LogP contribution is -2.45. The SMILES string of the molecule is COc1ccc(C(NC(N)=O)NC(N)=O)cc1. The van der Waals surface area contributed by atoms with Crippen LogP contribution >= 0.6 is 0 Å². The van der Waals surface area contributed by atoms with Crippen LogP contribution in [0.25, 0.3) is 0 Å². The van der Waals surface area contributed by atoms with Gasteiger partial charge in [-0.1, -0.05) is 12.1 Å². The van der Waals surface area contributed by atoms with Crippen molar-refractivity contribution in [2.75, 3.05) is 7.11 Å². The molecule has 0 aliphatic rings. The Morgan fingerprint density at radius 3 is 1.94 bits per heavy atom. The molecule has 0 spiro atoms. The standard InChI is InChI=1S/C10H14N4O3/c1-17-7-4-2-6(3-5-7)8(13-9(11)15)14-10(12)16/h2-5,8H,1H3,(H3,11,13,15)(H3,12,14,16). The maximum atomic E-state index is 10.8. The van der Waals surface area contributed by atoms with Gasteiger partial charge in [-0.25, -0.2) is 9.59 Å². The van der Waals surface area contributed by atoms with E-state index in [9.17, 15) is 9.59 Å². The summed E-state index contributed by atoms with van der Waals surface area (Å²) >= 11 is 0. The maximum absolute atomic E-state index is 10.8. The van der Waals surface area contributed by atoms with Crippen LogP contribution in [0.3, 0.4) is 0 Å². The molecule has 6 N–H and O–H groups in total. The molecular formula is C10H14N4O3. The summed E-state index contributed by atoms with van der Waals surface area (Å²) in [6, 6.07) is 5.20. The van der Waals surface area contributed by atoms with E-state index in [2.05, 4.69) is 10.6 Å². The minimum atomic E-state index is -0.768. The number of hydrogen-bond donors (Lipinski definition) is 4. The zero-order valence-electron chi connectivity index (χ0n) is 9.27. The van der Waals surface area contributed by atoms with E-state index in [1.807, 2.05) is 0 Å². The second kappa shape index (κ2) is 5.59. The van der Waals surface area contributed by atoms with Gasteiger partial charge in [0.05, 0.1) is 7.11 Å². The molecule has 1 aromatic rings. The van der Waals surface area contributed by atoms with Crippen LogP contribution in [0.2, 0.25) is 0 Å². The van der Waals surface area contributed by atoms with Gasteiger partial charge in [0.15, 0.2) is 0 Å². The van der Waals surface area contributed by atoms with Crippen molar-refractivity contribution in [1.29, 1.82) is 0 Å². The van der Waals surface area contributed by atoms with E-state index in [0.29, 0.717) is 11.3 Å². The predicted molar refractivity (Wildman–Crippen MR) is 61.2 cm³/mol. The predicted octanol–water partition coefficient (Wildman–Crippen LogP) is 0.0304. The third kappa shape index (κ3) is 3.90. The molecule has 4 amide bonds. The molecule has 0 aromatic heterocycles. The Bertz CT molecular complexity index is 389. The Balaban J connectivity index is 2.86. The van der Waals surface area contributed by atoms with Crippen LogP contribution in [0, 0.1) is 0 Å². The highest BCUT2D eigenvalue weighted by Gasteiger charge is 2.14. The molecular weight excluding hydrogens is 224 g/mol. The fourth-order valence-corrected chi connectivity index (χ4v) is 1.28. The van der Waals surface area contributed by atoms with E-state index in [0.717, 1.165) is 0 Å². The number of ether oxygens (including phenoxy) is 1. The van der Waals surface area contributed by atoms with Gasteiger partial charge in [-0.05, 0) is 17.7 Å². The van der Waals surface area contributed by atoms with Gasteiger partial charge in [0.2, 0.25) is 0 Å². The number of primary amides is 2. The van der Waals surface area contributed by atoms with E-state index in [-0.39, 0.29) is 0 Å². The van der Waals surface area contributed by atoms with Crippen molar-refractivity contribution in [3.05, 3.63) is 29.8 Å². The first kappa shape index (κ1) is 12.6. The van der Waals surface area contributed by atoms with Gasteiger partial charge in [0.25, 0.3) is 0 Å². The van der Waals surface area contributed by atoms with E-state index in [1.165, 1.54) is 7.11 Å². The summed E-state index contributed by atoms with van der Waals surface area (Å²) < 4.78 is 4.99. The Hall–Kier alpha value is -2.44. The molecule has 0 radical (unpaired) electrons. The van der Waals surface area contributed by atoms with Crippen LogP contribution < -0.4 is 26.8 Å². The van der Waals surface area contributed by atoms with Crippen LogP contribution in [0.4, 0.5) is 9.59 Å². The fraction of sp³-hybridized carbons (Fsp3) is 0.200. The third-order valence-corrected chi connectivity index (χ3v) is 2.02. The van der Waals surface area contributed by atoms with Crippen molar-refractivity contribution in [1.82, 2.24) is 10.6 Å². The Morgan fingerprint density at radius 2 is 1.59 bits per heavy atom. The summed E-state index contributed by atoms with van der Waals surface area (Å²) in [6.07, 6.45) is -0.768. The molecule has 0 unspecified atom stereocenters. The number of hydrogen-bond acceptors (Lipinski definition) is 3. The molecule has 0 saturated carbocycles. The molecule has 0 fully saturated rings. The van der Waals surface area contributed by atoms with E-state index in [1.54, 1.807) is 24.3 Å². The third-order valence-electron chi connectivity index (χ3n) is 2.02. The molecule has 0 heterocycles. The summed E-state index contributed by atoms with van der Waals surface area (Å²) in [6.45, 7) is 0. The highest BCUT2D eigenvalue weighted by atomic mass is 16.5. The first-order valence-electron chi connectivity index (χ1n) is 4.79. The van der Waals surface area contributed by atoms with Gasteiger partial charge in [-0.2, -0.15) is 0 Å². The first-order chi connectivity index (χ1) is 8.02. The van der Waals surface area contributed by atoms with E-state index < -0.39 is 18.2 Å². The topological polar surface area (TPSA) is 119 Å². The molecule has 7 nitrogen and oxygen atoms in total. The number of rotatable bonds is 4. The summed E-state index contributed by atoms with van der Waals surface area (Å²) in [5.41, 5.74) is 10.6. The molecule has 7 heteroatoms. The number of urea groups is 2. The smallest absolute Gasteiger partial charge is 0.314 e. The lowest BCUT2D eigenvalue weighted by atomic mass is 10.1. The minimum absolute atomic E-state index is 0.628. The van der Waals surface area contributed by atoms with Crippen LogP contribution in [-0.4, -0.2) is 19.2 Å². The summed E-state index contributed by atoms with van der Waals surface area (Å²) in [4.78, 5) is 21.6. The van der Waals surface area contributed by atoms with Crippen molar-refractivity contribution in [3.63, 3.8) is 0 Å². The number of benzene rings is 1. The second-order valence-electron chi connectivity index (χ2n) is 3.22. The van der Waals surface area contributed by atoms with Gasteiger partial charge < -0.3 is 26.8 Å².